The smallest absolute Gasteiger partial charge is 0.133 e. The van der Waals surface area contributed by atoms with Gasteiger partial charge in [-0.3, -0.25) is 0 Å². The molecule has 0 aliphatic rings. The van der Waals surface area contributed by atoms with Crippen molar-refractivity contribution in [2.75, 3.05) is 0 Å². The van der Waals surface area contributed by atoms with Crippen molar-refractivity contribution in [1.29, 1.82) is 0 Å². The van der Waals surface area contributed by atoms with Crippen molar-refractivity contribution in [1.82, 2.24) is 0 Å². The lowest BCUT2D eigenvalue weighted by Gasteiger charge is -2.19. The van der Waals surface area contributed by atoms with Gasteiger partial charge < -0.3 is 10.5 Å². The van der Waals surface area contributed by atoms with Gasteiger partial charge in [-0.1, -0.05) is 19.9 Å². The van der Waals surface area contributed by atoms with Crippen LogP contribution in [0.5, 0.6) is 5.75 Å². The van der Waals surface area contributed by atoms with Crippen LogP contribution in [0.4, 0.5) is 0 Å². The van der Waals surface area contributed by atoms with Gasteiger partial charge in [-0.05, 0) is 53.4 Å². The zero-order chi connectivity index (χ0) is 12.3. The van der Waals surface area contributed by atoms with E-state index in [1.165, 1.54) is 0 Å². The summed E-state index contributed by atoms with van der Waals surface area (Å²) in [5, 5.41) is 0. The van der Waals surface area contributed by atoms with E-state index in [0.29, 0.717) is 5.92 Å². The van der Waals surface area contributed by atoms with E-state index in [0.717, 1.165) is 15.8 Å². The van der Waals surface area contributed by atoms with Crippen LogP contribution in [-0.4, -0.2) is 6.10 Å². The maximum absolute atomic E-state index is 5.85. The average Bonchev–Trinajstić information content (AvgIpc) is 2.20. The van der Waals surface area contributed by atoms with Gasteiger partial charge in [0.1, 0.15) is 5.75 Å². The van der Waals surface area contributed by atoms with E-state index in [2.05, 4.69) is 36.7 Å². The Balaban J connectivity index is 2.83. The number of nitrogens with two attached hydrogens (primary N) is 1. The van der Waals surface area contributed by atoms with Gasteiger partial charge in [0.05, 0.1) is 10.6 Å². The summed E-state index contributed by atoms with van der Waals surface area (Å²) in [6, 6.07) is 6.06. The Hall–Kier alpha value is -0.540. The molecule has 0 fully saturated rings. The predicted molar refractivity (Wildman–Crippen MR) is 71.7 cm³/mol. The third-order valence-corrected chi connectivity index (χ3v) is 3.35. The number of hydrogen-bond donors (Lipinski definition) is 1. The van der Waals surface area contributed by atoms with Crippen molar-refractivity contribution in [2.45, 2.75) is 39.8 Å². The molecule has 0 heterocycles. The molecule has 0 aliphatic carbocycles. The Bertz CT molecular complexity index is 350. The number of ether oxygens (including phenoxy) is 1. The van der Waals surface area contributed by atoms with Crippen LogP contribution in [0.25, 0.3) is 0 Å². The zero-order valence-electron chi connectivity index (χ0n) is 10.3. The standard InChI is InChI=1S/C13H20BrNO/c1-8(2)10(4)16-13-6-5-11(9(3)15)7-12(13)14/h5-10H,15H2,1-4H3/t9-,10?/m1/s1. The molecule has 0 saturated heterocycles. The molecule has 1 aromatic carbocycles. The third-order valence-electron chi connectivity index (χ3n) is 2.73. The second kappa shape index (κ2) is 5.69. The molecule has 1 aromatic rings. The molecular weight excluding hydrogens is 266 g/mol. The second-order valence-electron chi connectivity index (χ2n) is 4.55. The molecule has 0 radical (unpaired) electrons. The molecule has 1 unspecified atom stereocenters. The Morgan fingerprint density at radius 2 is 1.81 bits per heavy atom. The van der Waals surface area contributed by atoms with Crippen molar-refractivity contribution in [3.63, 3.8) is 0 Å². The van der Waals surface area contributed by atoms with Crippen LogP contribution in [0, 0.1) is 5.92 Å². The van der Waals surface area contributed by atoms with Gasteiger partial charge in [0.2, 0.25) is 0 Å². The van der Waals surface area contributed by atoms with Crippen LogP contribution in [-0.2, 0) is 0 Å². The highest BCUT2D eigenvalue weighted by Crippen LogP contribution is 2.29. The molecule has 0 aromatic heterocycles. The molecule has 0 saturated carbocycles. The number of halogens is 1. The monoisotopic (exact) mass is 285 g/mol. The van der Waals surface area contributed by atoms with Crippen LogP contribution in [0.15, 0.2) is 22.7 Å². The lowest BCUT2D eigenvalue weighted by molar-refractivity contribution is 0.169. The minimum absolute atomic E-state index is 0.0490. The number of hydrogen-bond acceptors (Lipinski definition) is 2. The second-order valence-corrected chi connectivity index (χ2v) is 5.40. The van der Waals surface area contributed by atoms with E-state index in [9.17, 15) is 0 Å². The minimum atomic E-state index is 0.0490. The average molecular weight is 286 g/mol. The quantitative estimate of drug-likeness (QED) is 0.911. The normalized spacial score (nSPS) is 14.9. The first kappa shape index (κ1) is 13.5. The molecule has 0 aliphatic heterocycles. The molecule has 16 heavy (non-hydrogen) atoms. The summed E-state index contributed by atoms with van der Waals surface area (Å²) in [6.07, 6.45) is 0.206. The van der Waals surface area contributed by atoms with Crippen LogP contribution in [0.3, 0.4) is 0 Å². The maximum atomic E-state index is 5.85. The lowest BCUT2D eigenvalue weighted by Crippen LogP contribution is -2.18. The van der Waals surface area contributed by atoms with Crippen LogP contribution in [0.1, 0.15) is 39.3 Å². The molecule has 0 amide bonds. The van der Waals surface area contributed by atoms with E-state index in [1.807, 2.05) is 25.1 Å². The Kier molecular flexibility index (Phi) is 4.81. The number of benzene rings is 1. The third kappa shape index (κ3) is 3.49. The summed E-state index contributed by atoms with van der Waals surface area (Å²) in [7, 11) is 0. The van der Waals surface area contributed by atoms with E-state index >= 15 is 0 Å². The Labute approximate surface area is 106 Å². The van der Waals surface area contributed by atoms with Crippen molar-refractivity contribution in [3.8, 4) is 5.75 Å². The fourth-order valence-corrected chi connectivity index (χ4v) is 1.72. The summed E-state index contributed by atoms with van der Waals surface area (Å²) in [4.78, 5) is 0. The van der Waals surface area contributed by atoms with E-state index < -0.39 is 0 Å². The highest BCUT2D eigenvalue weighted by atomic mass is 79.9. The summed E-state index contributed by atoms with van der Waals surface area (Å²) >= 11 is 3.51. The highest BCUT2D eigenvalue weighted by molar-refractivity contribution is 9.10. The fraction of sp³-hybridized carbons (Fsp3) is 0.538. The van der Waals surface area contributed by atoms with Gasteiger partial charge in [-0.15, -0.1) is 0 Å². The van der Waals surface area contributed by atoms with Gasteiger partial charge in [0.15, 0.2) is 0 Å². The zero-order valence-corrected chi connectivity index (χ0v) is 11.9. The number of rotatable bonds is 4. The fourth-order valence-electron chi connectivity index (χ4n) is 1.23. The molecule has 3 heteroatoms. The van der Waals surface area contributed by atoms with Gasteiger partial charge >= 0.3 is 0 Å². The van der Waals surface area contributed by atoms with Gasteiger partial charge in [0, 0.05) is 6.04 Å². The van der Waals surface area contributed by atoms with Gasteiger partial charge in [-0.25, -0.2) is 0 Å². The summed E-state index contributed by atoms with van der Waals surface area (Å²) < 4.78 is 6.82. The summed E-state index contributed by atoms with van der Waals surface area (Å²) in [5.74, 6) is 1.38. The first-order valence-corrected chi connectivity index (χ1v) is 6.42. The van der Waals surface area contributed by atoms with Crippen molar-refractivity contribution in [3.05, 3.63) is 28.2 Å². The summed E-state index contributed by atoms with van der Waals surface area (Å²) in [6.45, 7) is 8.35. The first-order valence-electron chi connectivity index (χ1n) is 5.63. The van der Waals surface area contributed by atoms with E-state index in [1.54, 1.807) is 0 Å². The minimum Gasteiger partial charge on any atom is -0.489 e. The molecule has 90 valence electrons. The molecule has 0 bridgehead atoms. The van der Waals surface area contributed by atoms with Gasteiger partial charge in [-0.2, -0.15) is 0 Å². The molecule has 0 spiro atoms. The molecule has 1 rings (SSSR count). The van der Waals surface area contributed by atoms with Crippen molar-refractivity contribution in [2.24, 2.45) is 11.7 Å². The first-order chi connectivity index (χ1) is 7.41. The van der Waals surface area contributed by atoms with Crippen LogP contribution >= 0.6 is 15.9 Å². The SMILES string of the molecule is CC(C)C(C)Oc1ccc([C@@H](C)N)cc1Br. The predicted octanol–water partition coefficient (Wildman–Crippen LogP) is 3.89. The van der Waals surface area contributed by atoms with Crippen molar-refractivity contribution < 1.29 is 4.74 Å². The lowest BCUT2D eigenvalue weighted by atomic mass is 10.1. The molecule has 2 N–H and O–H groups in total. The van der Waals surface area contributed by atoms with E-state index in [4.69, 9.17) is 10.5 Å². The maximum Gasteiger partial charge on any atom is 0.133 e. The van der Waals surface area contributed by atoms with Crippen LogP contribution in [0.2, 0.25) is 0 Å². The Morgan fingerprint density at radius 1 is 1.19 bits per heavy atom. The van der Waals surface area contributed by atoms with Crippen LogP contribution < -0.4 is 10.5 Å². The Morgan fingerprint density at radius 3 is 2.25 bits per heavy atom. The molecule has 2 atom stereocenters. The summed E-state index contributed by atoms with van der Waals surface area (Å²) in [5.41, 5.74) is 6.93. The van der Waals surface area contributed by atoms with Crippen molar-refractivity contribution >= 4 is 15.9 Å². The largest absolute Gasteiger partial charge is 0.489 e. The van der Waals surface area contributed by atoms with E-state index in [-0.39, 0.29) is 12.1 Å². The topological polar surface area (TPSA) is 35.2 Å². The molecule has 2 nitrogen and oxygen atoms in total. The molecular formula is C13H20BrNO. The van der Waals surface area contributed by atoms with Gasteiger partial charge in [0.25, 0.3) is 0 Å². The highest BCUT2D eigenvalue weighted by Gasteiger charge is 2.11.